The summed E-state index contributed by atoms with van der Waals surface area (Å²) in [7, 11) is 1.65. The van der Waals surface area contributed by atoms with Crippen LogP contribution in [0.3, 0.4) is 0 Å². The van der Waals surface area contributed by atoms with Gasteiger partial charge in [-0.15, -0.1) is 0 Å². The molecule has 1 N–H and O–H groups in total. The van der Waals surface area contributed by atoms with Crippen molar-refractivity contribution >= 4 is 15.9 Å². The van der Waals surface area contributed by atoms with Gasteiger partial charge < -0.3 is 9.84 Å². The van der Waals surface area contributed by atoms with Crippen LogP contribution in [0.15, 0.2) is 16.6 Å². The average molecular weight is 259 g/mol. The predicted molar refractivity (Wildman–Crippen MR) is 60.9 cm³/mol. The fourth-order valence-electron chi connectivity index (χ4n) is 1.45. The second-order valence-corrected chi connectivity index (χ2v) is 3.95. The van der Waals surface area contributed by atoms with Crippen molar-refractivity contribution in [1.82, 2.24) is 0 Å². The van der Waals surface area contributed by atoms with E-state index >= 15 is 0 Å². The zero-order chi connectivity index (χ0) is 10.6. The first-order valence-corrected chi connectivity index (χ1v) is 5.48. The normalized spacial score (nSPS) is 10.3. The van der Waals surface area contributed by atoms with Gasteiger partial charge in [-0.25, -0.2) is 0 Å². The number of methoxy groups -OCH3 is 1. The number of ether oxygens (including phenoxy) is 1. The van der Waals surface area contributed by atoms with Crippen LogP contribution in [0.5, 0.6) is 5.75 Å². The van der Waals surface area contributed by atoms with Crippen LogP contribution < -0.4 is 4.74 Å². The summed E-state index contributed by atoms with van der Waals surface area (Å²) in [5, 5.41) is 8.92. The highest BCUT2D eigenvalue weighted by atomic mass is 79.9. The Bertz CT molecular complexity index is 310. The number of halogens is 1. The van der Waals surface area contributed by atoms with E-state index in [1.54, 1.807) is 7.11 Å². The second kappa shape index (κ2) is 5.37. The Labute approximate surface area is 93.0 Å². The number of benzene rings is 1. The Balaban J connectivity index is 3.13. The van der Waals surface area contributed by atoms with Crippen molar-refractivity contribution in [2.24, 2.45) is 0 Å². The fraction of sp³-hybridized carbons (Fsp3) is 0.455. The second-order valence-electron chi connectivity index (χ2n) is 3.10. The molecule has 0 saturated carbocycles. The van der Waals surface area contributed by atoms with Crippen LogP contribution in [-0.4, -0.2) is 18.8 Å². The monoisotopic (exact) mass is 258 g/mol. The van der Waals surface area contributed by atoms with E-state index in [4.69, 9.17) is 9.84 Å². The van der Waals surface area contributed by atoms with E-state index in [1.807, 2.05) is 0 Å². The molecule has 2 nitrogen and oxygen atoms in total. The van der Waals surface area contributed by atoms with Crippen molar-refractivity contribution in [3.8, 4) is 5.75 Å². The van der Waals surface area contributed by atoms with E-state index in [-0.39, 0.29) is 6.61 Å². The van der Waals surface area contributed by atoms with Gasteiger partial charge in [0.15, 0.2) is 0 Å². The summed E-state index contributed by atoms with van der Waals surface area (Å²) in [6.45, 7) is 2.26. The molecular weight excluding hydrogens is 244 g/mol. The van der Waals surface area contributed by atoms with Gasteiger partial charge in [-0.2, -0.15) is 0 Å². The maximum absolute atomic E-state index is 8.92. The maximum Gasteiger partial charge on any atom is 0.136 e. The molecule has 3 heteroatoms. The smallest absolute Gasteiger partial charge is 0.136 e. The molecule has 0 saturated heterocycles. The lowest BCUT2D eigenvalue weighted by Crippen LogP contribution is -1.98. The molecule has 0 spiro atoms. The molecule has 1 aromatic rings. The van der Waals surface area contributed by atoms with Gasteiger partial charge in [0, 0.05) is 6.61 Å². The number of rotatable bonds is 4. The SMILES string of the molecule is CCc1cc(Br)c(OC)c(CCO)c1. The van der Waals surface area contributed by atoms with Crippen molar-refractivity contribution in [1.29, 1.82) is 0 Å². The quantitative estimate of drug-likeness (QED) is 0.900. The molecule has 0 aliphatic carbocycles. The fourth-order valence-corrected chi connectivity index (χ4v) is 2.16. The van der Waals surface area contributed by atoms with Crippen LogP contribution in [-0.2, 0) is 12.8 Å². The van der Waals surface area contributed by atoms with Gasteiger partial charge in [-0.1, -0.05) is 13.0 Å². The summed E-state index contributed by atoms with van der Waals surface area (Å²) in [4.78, 5) is 0. The Hall–Kier alpha value is -0.540. The minimum atomic E-state index is 0.149. The van der Waals surface area contributed by atoms with Crippen LogP contribution in [0.2, 0.25) is 0 Å². The van der Waals surface area contributed by atoms with Crippen LogP contribution in [0.4, 0.5) is 0 Å². The third-order valence-corrected chi connectivity index (χ3v) is 2.76. The molecule has 0 fully saturated rings. The van der Waals surface area contributed by atoms with Gasteiger partial charge in [-0.3, -0.25) is 0 Å². The predicted octanol–water partition coefficient (Wildman–Crippen LogP) is 2.55. The third kappa shape index (κ3) is 2.49. The molecule has 0 unspecified atom stereocenters. The number of aliphatic hydroxyl groups excluding tert-OH is 1. The highest BCUT2D eigenvalue weighted by Crippen LogP contribution is 2.31. The van der Waals surface area contributed by atoms with Crippen molar-refractivity contribution in [2.45, 2.75) is 19.8 Å². The van der Waals surface area contributed by atoms with Crippen molar-refractivity contribution in [3.63, 3.8) is 0 Å². The molecule has 78 valence electrons. The van der Waals surface area contributed by atoms with Crippen LogP contribution in [0, 0.1) is 0 Å². The Morgan fingerprint density at radius 1 is 1.43 bits per heavy atom. The van der Waals surface area contributed by atoms with Crippen molar-refractivity contribution in [3.05, 3.63) is 27.7 Å². The highest BCUT2D eigenvalue weighted by molar-refractivity contribution is 9.10. The number of hydrogen-bond acceptors (Lipinski definition) is 2. The number of aliphatic hydroxyl groups is 1. The Morgan fingerprint density at radius 2 is 2.14 bits per heavy atom. The molecule has 0 radical (unpaired) electrons. The first-order chi connectivity index (χ1) is 6.72. The zero-order valence-electron chi connectivity index (χ0n) is 8.51. The Morgan fingerprint density at radius 3 is 2.64 bits per heavy atom. The first kappa shape index (κ1) is 11.5. The molecule has 0 heterocycles. The molecule has 14 heavy (non-hydrogen) atoms. The topological polar surface area (TPSA) is 29.5 Å². The van der Waals surface area contributed by atoms with E-state index in [9.17, 15) is 0 Å². The highest BCUT2D eigenvalue weighted by Gasteiger charge is 2.08. The summed E-state index contributed by atoms with van der Waals surface area (Å²) in [6.07, 6.45) is 1.62. The van der Waals surface area contributed by atoms with Gasteiger partial charge in [0.05, 0.1) is 11.6 Å². The van der Waals surface area contributed by atoms with Crippen molar-refractivity contribution < 1.29 is 9.84 Å². The lowest BCUT2D eigenvalue weighted by molar-refractivity contribution is 0.296. The van der Waals surface area contributed by atoms with Crippen LogP contribution in [0.1, 0.15) is 18.1 Å². The van der Waals surface area contributed by atoms with Gasteiger partial charge in [0.25, 0.3) is 0 Å². The summed E-state index contributed by atoms with van der Waals surface area (Å²) in [5.74, 6) is 0.830. The Kier molecular flexibility index (Phi) is 4.42. The average Bonchev–Trinajstić information content (AvgIpc) is 2.18. The van der Waals surface area contributed by atoms with Gasteiger partial charge >= 0.3 is 0 Å². The van der Waals surface area contributed by atoms with Crippen LogP contribution in [0.25, 0.3) is 0 Å². The largest absolute Gasteiger partial charge is 0.495 e. The molecule has 0 aliphatic heterocycles. The number of aryl methyl sites for hydroxylation is 1. The lowest BCUT2D eigenvalue weighted by atomic mass is 10.1. The standard InChI is InChI=1S/C11H15BrO2/c1-3-8-6-9(4-5-13)11(14-2)10(12)7-8/h6-7,13H,3-5H2,1-2H3. The minimum absolute atomic E-state index is 0.149. The summed E-state index contributed by atoms with van der Waals surface area (Å²) >= 11 is 3.46. The van der Waals surface area contributed by atoms with E-state index in [2.05, 4.69) is 35.0 Å². The van der Waals surface area contributed by atoms with Crippen LogP contribution >= 0.6 is 15.9 Å². The van der Waals surface area contributed by atoms with E-state index < -0.39 is 0 Å². The summed E-state index contributed by atoms with van der Waals surface area (Å²) in [6, 6.07) is 4.14. The molecule has 0 amide bonds. The number of hydrogen-bond donors (Lipinski definition) is 1. The molecular formula is C11H15BrO2. The van der Waals surface area contributed by atoms with Gasteiger partial charge in [-0.05, 0) is 46.0 Å². The van der Waals surface area contributed by atoms with Gasteiger partial charge in [0.2, 0.25) is 0 Å². The van der Waals surface area contributed by atoms with E-state index in [0.29, 0.717) is 6.42 Å². The summed E-state index contributed by atoms with van der Waals surface area (Å²) in [5.41, 5.74) is 2.31. The van der Waals surface area contributed by atoms with Gasteiger partial charge in [0.1, 0.15) is 5.75 Å². The minimum Gasteiger partial charge on any atom is -0.495 e. The lowest BCUT2D eigenvalue weighted by Gasteiger charge is -2.11. The molecule has 0 bridgehead atoms. The molecule has 0 atom stereocenters. The van der Waals surface area contributed by atoms with E-state index in [1.165, 1.54) is 5.56 Å². The van der Waals surface area contributed by atoms with Crippen molar-refractivity contribution in [2.75, 3.05) is 13.7 Å². The third-order valence-electron chi connectivity index (χ3n) is 2.17. The molecule has 0 aliphatic rings. The maximum atomic E-state index is 8.92. The zero-order valence-corrected chi connectivity index (χ0v) is 10.1. The van der Waals surface area contributed by atoms with E-state index in [0.717, 1.165) is 22.2 Å². The molecule has 1 aromatic carbocycles. The molecule has 0 aromatic heterocycles. The molecule has 1 rings (SSSR count). The first-order valence-electron chi connectivity index (χ1n) is 4.69. The summed E-state index contributed by atoms with van der Waals surface area (Å²) < 4.78 is 6.23.